The van der Waals surface area contributed by atoms with Gasteiger partial charge in [0.15, 0.2) is 11.6 Å². The third-order valence-electron chi connectivity index (χ3n) is 3.61. The minimum absolute atomic E-state index is 0.120. The van der Waals surface area contributed by atoms with Crippen LogP contribution in [0, 0.1) is 6.92 Å². The van der Waals surface area contributed by atoms with Crippen molar-refractivity contribution in [2.24, 2.45) is 0 Å². The number of anilines is 1. The number of hydrogen-bond donors (Lipinski definition) is 1. The Hall–Kier alpha value is -1.50. The van der Waals surface area contributed by atoms with Crippen molar-refractivity contribution in [1.82, 2.24) is 10.3 Å². The lowest BCUT2D eigenvalue weighted by molar-refractivity contribution is -0.138. The highest BCUT2D eigenvalue weighted by Crippen LogP contribution is 2.41. The Morgan fingerprint density at radius 2 is 2.26 bits per heavy atom. The quantitative estimate of drug-likeness (QED) is 0.779. The molecule has 1 saturated heterocycles. The molecule has 0 unspecified atom stereocenters. The van der Waals surface area contributed by atoms with Gasteiger partial charge in [0.1, 0.15) is 6.61 Å². The maximum absolute atomic E-state index is 12.8. The largest absolute Gasteiger partial charge is 0.487 e. The van der Waals surface area contributed by atoms with Crippen LogP contribution in [0.5, 0.6) is 5.75 Å². The molecular weight excluding hydrogens is 259 g/mol. The van der Waals surface area contributed by atoms with Gasteiger partial charge in [0.25, 0.3) is 0 Å². The lowest BCUT2D eigenvalue weighted by Crippen LogP contribution is -2.56. The molecule has 1 aromatic heterocycles. The second-order valence-corrected chi connectivity index (χ2v) is 4.81. The zero-order valence-electron chi connectivity index (χ0n) is 10.4. The van der Waals surface area contributed by atoms with E-state index in [1.165, 1.54) is 6.92 Å². The van der Waals surface area contributed by atoms with Crippen LogP contribution in [-0.4, -0.2) is 37.3 Å². The molecule has 104 valence electrons. The van der Waals surface area contributed by atoms with E-state index < -0.39 is 11.7 Å². The van der Waals surface area contributed by atoms with E-state index in [9.17, 15) is 13.2 Å². The summed E-state index contributed by atoms with van der Waals surface area (Å²) in [6.07, 6.45) is -3.49. The van der Waals surface area contributed by atoms with Crippen LogP contribution in [0.25, 0.3) is 0 Å². The molecule has 3 heterocycles. The van der Waals surface area contributed by atoms with Gasteiger partial charge in [0, 0.05) is 31.4 Å². The first-order valence-electron chi connectivity index (χ1n) is 6.15. The topological polar surface area (TPSA) is 37.4 Å². The Kier molecular flexibility index (Phi) is 2.81. The molecule has 7 heteroatoms. The molecule has 4 nitrogen and oxygen atoms in total. The van der Waals surface area contributed by atoms with Crippen molar-refractivity contribution in [2.45, 2.75) is 19.1 Å². The van der Waals surface area contributed by atoms with E-state index in [-0.39, 0.29) is 17.4 Å². The fourth-order valence-corrected chi connectivity index (χ4v) is 2.60. The number of hydrogen-bond acceptors (Lipinski definition) is 4. The van der Waals surface area contributed by atoms with Gasteiger partial charge in [-0.25, -0.2) is 4.98 Å². The fourth-order valence-electron chi connectivity index (χ4n) is 2.60. The summed E-state index contributed by atoms with van der Waals surface area (Å²) in [5.41, 5.74) is -0.602. The Bertz CT molecular complexity index is 504. The molecule has 0 bridgehead atoms. The number of piperazine rings is 1. The van der Waals surface area contributed by atoms with Crippen LogP contribution in [0.4, 0.5) is 19.0 Å². The molecule has 2 aliphatic heterocycles. The molecule has 19 heavy (non-hydrogen) atoms. The Morgan fingerprint density at radius 1 is 1.47 bits per heavy atom. The average Bonchev–Trinajstić information content (AvgIpc) is 2.37. The number of fused-ring (bicyclic) bond motifs is 3. The number of alkyl halides is 3. The predicted molar refractivity (Wildman–Crippen MR) is 63.5 cm³/mol. The number of rotatable bonds is 0. The van der Waals surface area contributed by atoms with Crippen molar-refractivity contribution in [2.75, 3.05) is 31.1 Å². The summed E-state index contributed by atoms with van der Waals surface area (Å²) in [6.45, 7) is 4.13. The highest BCUT2D eigenvalue weighted by atomic mass is 19.4. The van der Waals surface area contributed by atoms with Crippen molar-refractivity contribution in [3.05, 3.63) is 17.3 Å². The molecule has 0 aromatic carbocycles. The van der Waals surface area contributed by atoms with Crippen LogP contribution < -0.4 is 15.0 Å². The first-order valence-corrected chi connectivity index (χ1v) is 6.15. The maximum atomic E-state index is 12.8. The van der Waals surface area contributed by atoms with Gasteiger partial charge in [-0.15, -0.1) is 0 Å². The Morgan fingerprint density at radius 3 is 3.00 bits per heavy atom. The van der Waals surface area contributed by atoms with Gasteiger partial charge >= 0.3 is 6.18 Å². The molecule has 0 aliphatic carbocycles. The highest BCUT2D eigenvalue weighted by molar-refractivity contribution is 5.61. The summed E-state index contributed by atoms with van der Waals surface area (Å²) in [5.74, 6) is 0.802. The molecule has 0 saturated carbocycles. The lowest BCUT2D eigenvalue weighted by atomic mass is 10.1. The van der Waals surface area contributed by atoms with Crippen molar-refractivity contribution >= 4 is 5.82 Å². The van der Waals surface area contributed by atoms with Crippen LogP contribution in [-0.2, 0) is 6.18 Å². The molecule has 1 atom stereocenters. The van der Waals surface area contributed by atoms with Gasteiger partial charge < -0.3 is 15.0 Å². The summed E-state index contributed by atoms with van der Waals surface area (Å²) < 4.78 is 44.0. The van der Waals surface area contributed by atoms with Gasteiger partial charge in [-0.05, 0) is 6.92 Å². The summed E-state index contributed by atoms with van der Waals surface area (Å²) in [7, 11) is 0. The Balaban J connectivity index is 2.05. The first-order chi connectivity index (χ1) is 8.98. The number of pyridine rings is 1. The monoisotopic (exact) mass is 273 g/mol. The normalized spacial score (nSPS) is 22.5. The van der Waals surface area contributed by atoms with Crippen LogP contribution in [0.15, 0.2) is 6.20 Å². The van der Waals surface area contributed by atoms with Crippen molar-refractivity contribution < 1.29 is 17.9 Å². The number of nitrogens with one attached hydrogen (secondary N) is 1. The maximum Gasteiger partial charge on any atom is 0.418 e. The molecule has 1 fully saturated rings. The van der Waals surface area contributed by atoms with Crippen LogP contribution >= 0.6 is 0 Å². The van der Waals surface area contributed by atoms with Crippen LogP contribution in [0.2, 0.25) is 0 Å². The van der Waals surface area contributed by atoms with Crippen molar-refractivity contribution in [3.63, 3.8) is 0 Å². The summed E-state index contributed by atoms with van der Waals surface area (Å²) in [5, 5.41) is 3.24. The molecule has 0 spiro atoms. The zero-order valence-corrected chi connectivity index (χ0v) is 10.4. The van der Waals surface area contributed by atoms with Crippen molar-refractivity contribution in [1.29, 1.82) is 0 Å². The molecule has 2 aliphatic rings. The van der Waals surface area contributed by atoms with E-state index in [0.29, 0.717) is 12.4 Å². The van der Waals surface area contributed by atoms with Gasteiger partial charge in [-0.2, -0.15) is 13.2 Å². The second-order valence-electron chi connectivity index (χ2n) is 4.81. The number of nitrogens with zero attached hydrogens (tertiary/aromatic N) is 2. The van der Waals surface area contributed by atoms with Crippen LogP contribution in [0.3, 0.4) is 0 Å². The average molecular weight is 273 g/mol. The van der Waals surface area contributed by atoms with E-state index in [2.05, 4.69) is 10.3 Å². The molecule has 1 aromatic rings. The molecule has 0 amide bonds. The van der Waals surface area contributed by atoms with E-state index in [1.807, 2.05) is 4.90 Å². The zero-order chi connectivity index (χ0) is 13.6. The Labute approximate surface area is 108 Å². The minimum atomic E-state index is -4.39. The van der Waals surface area contributed by atoms with E-state index in [1.54, 1.807) is 0 Å². The second kappa shape index (κ2) is 4.26. The number of halogens is 3. The van der Waals surface area contributed by atoms with Gasteiger partial charge in [0.05, 0.1) is 11.6 Å². The van der Waals surface area contributed by atoms with Crippen molar-refractivity contribution in [3.8, 4) is 5.75 Å². The smallest absolute Gasteiger partial charge is 0.418 e. The standard InChI is InChI=1S/C12H14F3N3O/c1-7-9(12(13,14)15)5-17-11-10(7)19-6-8-4-16-2-3-18(8)11/h5,8,16H,2-4,6H2,1H3/t8-/m1/s1. The van der Waals surface area contributed by atoms with Gasteiger partial charge in [-0.1, -0.05) is 0 Å². The summed E-state index contributed by atoms with van der Waals surface area (Å²) >= 11 is 0. The molecular formula is C12H14F3N3O. The molecule has 0 radical (unpaired) electrons. The third-order valence-corrected chi connectivity index (χ3v) is 3.61. The van der Waals surface area contributed by atoms with Crippen LogP contribution in [0.1, 0.15) is 11.1 Å². The number of ether oxygens (including phenoxy) is 1. The first kappa shape index (κ1) is 12.5. The van der Waals surface area contributed by atoms with Gasteiger partial charge in [-0.3, -0.25) is 0 Å². The molecule has 1 N–H and O–H groups in total. The summed E-state index contributed by atoms with van der Waals surface area (Å²) in [4.78, 5) is 6.01. The number of aromatic nitrogens is 1. The SMILES string of the molecule is Cc1c(C(F)(F)F)cnc2c1OC[C@H]1CNCCN21. The van der Waals surface area contributed by atoms with E-state index in [4.69, 9.17) is 4.74 Å². The van der Waals surface area contributed by atoms with E-state index >= 15 is 0 Å². The van der Waals surface area contributed by atoms with Gasteiger partial charge in [0.2, 0.25) is 0 Å². The predicted octanol–water partition coefficient (Wildman–Crippen LogP) is 1.58. The minimum Gasteiger partial charge on any atom is -0.487 e. The van der Waals surface area contributed by atoms with E-state index in [0.717, 1.165) is 25.8 Å². The molecule has 3 rings (SSSR count). The highest BCUT2D eigenvalue weighted by Gasteiger charge is 2.38. The third kappa shape index (κ3) is 2.01. The lowest BCUT2D eigenvalue weighted by Gasteiger charge is -2.41. The summed E-state index contributed by atoms with van der Waals surface area (Å²) in [6, 6.07) is 0.143. The fraction of sp³-hybridized carbons (Fsp3) is 0.583.